The molecule has 2 aromatic heterocycles. The van der Waals surface area contributed by atoms with Crippen LogP contribution in [-0.4, -0.2) is 23.4 Å². The summed E-state index contributed by atoms with van der Waals surface area (Å²) < 4.78 is 7.39. The zero-order chi connectivity index (χ0) is 15.0. The van der Waals surface area contributed by atoms with E-state index in [1.165, 1.54) is 18.4 Å². The number of fused-ring (bicyclic) bond motifs is 1. The van der Waals surface area contributed by atoms with Crippen LogP contribution in [0, 0.1) is 0 Å². The van der Waals surface area contributed by atoms with Gasteiger partial charge in [0.05, 0.1) is 22.2 Å². The summed E-state index contributed by atoms with van der Waals surface area (Å²) in [5.74, 6) is -0.381. The number of hydrogen-bond donors (Lipinski definition) is 0. The first-order valence-corrected chi connectivity index (χ1v) is 7.21. The minimum Gasteiger partial charge on any atom is -0.464 e. The van der Waals surface area contributed by atoms with Crippen LogP contribution in [0.15, 0.2) is 42.5 Å². The summed E-state index contributed by atoms with van der Waals surface area (Å²) >= 11 is 1.38. The number of ether oxygens (including phenoxy) is 1. The van der Waals surface area contributed by atoms with E-state index in [0.29, 0.717) is 16.1 Å². The minimum absolute atomic E-state index is 0.00332. The molecule has 3 rings (SSSR count). The molecular weight excluding hydrogens is 286 g/mol. The fourth-order valence-corrected chi connectivity index (χ4v) is 3.34. The van der Waals surface area contributed by atoms with Gasteiger partial charge in [0.1, 0.15) is 5.69 Å². The van der Waals surface area contributed by atoms with E-state index in [1.54, 1.807) is 29.8 Å². The summed E-state index contributed by atoms with van der Waals surface area (Å²) in [6, 6.07) is 12.7. The number of benzene rings is 1. The van der Waals surface area contributed by atoms with Gasteiger partial charge in [0.15, 0.2) is 0 Å². The van der Waals surface area contributed by atoms with E-state index in [1.807, 2.05) is 24.3 Å². The maximum atomic E-state index is 12.4. The number of ketones is 1. The third-order valence-corrected chi connectivity index (χ3v) is 4.46. The Balaban J connectivity index is 2.03. The average molecular weight is 299 g/mol. The number of hydrogen-bond acceptors (Lipinski definition) is 4. The van der Waals surface area contributed by atoms with Gasteiger partial charge >= 0.3 is 5.97 Å². The van der Waals surface area contributed by atoms with Gasteiger partial charge in [-0.3, -0.25) is 4.79 Å². The average Bonchev–Trinajstić information content (AvgIpc) is 3.06. The van der Waals surface area contributed by atoms with Crippen LogP contribution in [0.3, 0.4) is 0 Å². The van der Waals surface area contributed by atoms with Crippen molar-refractivity contribution in [3.05, 3.63) is 58.6 Å². The van der Waals surface area contributed by atoms with Crippen molar-refractivity contribution in [2.24, 2.45) is 7.05 Å². The molecule has 3 aromatic rings. The number of carbonyl (C=O) groups is 2. The molecule has 0 saturated carbocycles. The molecular formula is C16H13NO3S. The Morgan fingerprint density at radius 2 is 1.86 bits per heavy atom. The maximum absolute atomic E-state index is 12.4. The molecule has 5 heteroatoms. The van der Waals surface area contributed by atoms with Gasteiger partial charge in [0.25, 0.3) is 0 Å². The van der Waals surface area contributed by atoms with E-state index in [4.69, 9.17) is 4.74 Å². The van der Waals surface area contributed by atoms with Gasteiger partial charge in [-0.1, -0.05) is 30.3 Å². The summed E-state index contributed by atoms with van der Waals surface area (Å²) in [7, 11) is 3.14. The molecule has 0 atom stereocenters. The van der Waals surface area contributed by atoms with Crippen LogP contribution in [-0.2, 0) is 11.8 Å². The van der Waals surface area contributed by atoms with E-state index in [2.05, 4.69) is 0 Å². The van der Waals surface area contributed by atoms with Crippen molar-refractivity contribution in [3.63, 3.8) is 0 Å². The van der Waals surface area contributed by atoms with Gasteiger partial charge in [-0.2, -0.15) is 0 Å². The quantitative estimate of drug-likeness (QED) is 0.551. The summed E-state index contributed by atoms with van der Waals surface area (Å²) in [5, 5.41) is 0. The molecule has 21 heavy (non-hydrogen) atoms. The van der Waals surface area contributed by atoms with E-state index in [-0.39, 0.29) is 11.8 Å². The Hall–Kier alpha value is -2.40. The van der Waals surface area contributed by atoms with Gasteiger partial charge in [-0.05, 0) is 12.1 Å². The van der Waals surface area contributed by atoms with Crippen molar-refractivity contribution in [1.82, 2.24) is 4.57 Å². The fourth-order valence-electron chi connectivity index (χ4n) is 2.26. The number of nitrogens with zero attached hydrogens (tertiary/aromatic N) is 1. The molecule has 1 aromatic carbocycles. The zero-order valence-electron chi connectivity index (χ0n) is 11.6. The Morgan fingerprint density at radius 1 is 1.14 bits per heavy atom. The van der Waals surface area contributed by atoms with Crippen molar-refractivity contribution in [3.8, 4) is 0 Å². The lowest BCUT2D eigenvalue weighted by atomic mass is 10.1. The van der Waals surface area contributed by atoms with Crippen LogP contribution in [0.25, 0.3) is 10.2 Å². The molecule has 0 aliphatic carbocycles. The Kier molecular flexibility index (Phi) is 3.35. The van der Waals surface area contributed by atoms with Crippen LogP contribution in [0.1, 0.15) is 25.7 Å². The van der Waals surface area contributed by atoms with Crippen molar-refractivity contribution in [2.45, 2.75) is 0 Å². The number of rotatable bonds is 3. The van der Waals surface area contributed by atoms with Crippen LogP contribution < -0.4 is 0 Å². The largest absolute Gasteiger partial charge is 0.464 e. The molecule has 2 heterocycles. The normalized spacial score (nSPS) is 10.8. The molecule has 0 bridgehead atoms. The first kappa shape index (κ1) is 13.6. The lowest BCUT2D eigenvalue weighted by molar-refractivity contribution is 0.0590. The minimum atomic E-state index is -0.378. The van der Waals surface area contributed by atoms with E-state index < -0.39 is 0 Å². The first-order chi connectivity index (χ1) is 10.1. The molecule has 0 radical (unpaired) electrons. The molecule has 0 aliphatic heterocycles. The van der Waals surface area contributed by atoms with Crippen molar-refractivity contribution >= 4 is 33.3 Å². The van der Waals surface area contributed by atoms with Gasteiger partial charge in [0.2, 0.25) is 5.78 Å². The summed E-state index contributed by atoms with van der Waals surface area (Å²) in [6.45, 7) is 0. The maximum Gasteiger partial charge on any atom is 0.354 e. The van der Waals surface area contributed by atoms with Crippen molar-refractivity contribution < 1.29 is 14.3 Å². The molecule has 0 fully saturated rings. The lowest BCUT2D eigenvalue weighted by Gasteiger charge is -2.01. The Labute approximate surface area is 125 Å². The van der Waals surface area contributed by atoms with Gasteiger partial charge in [-0.25, -0.2) is 4.79 Å². The van der Waals surface area contributed by atoms with Gasteiger partial charge in [0, 0.05) is 12.6 Å². The van der Waals surface area contributed by atoms with E-state index >= 15 is 0 Å². The summed E-state index contributed by atoms with van der Waals surface area (Å²) in [5.41, 5.74) is 2.01. The summed E-state index contributed by atoms with van der Waals surface area (Å²) in [4.78, 5) is 24.7. The smallest absolute Gasteiger partial charge is 0.354 e. The second-order valence-electron chi connectivity index (χ2n) is 4.64. The number of aromatic nitrogens is 1. The zero-order valence-corrected chi connectivity index (χ0v) is 12.4. The molecule has 4 nitrogen and oxygen atoms in total. The number of thiophene rings is 1. The second-order valence-corrected chi connectivity index (χ2v) is 5.72. The standard InChI is InChI=1S/C16H13NO3S/c1-17-11-8-14(15(18)10-6-4-3-5-7-10)21-13(11)9-12(17)16(19)20-2/h3-9H,1-2H3. The van der Waals surface area contributed by atoms with Gasteiger partial charge < -0.3 is 9.30 Å². The molecule has 106 valence electrons. The van der Waals surface area contributed by atoms with Crippen molar-refractivity contribution in [1.29, 1.82) is 0 Å². The lowest BCUT2D eigenvalue weighted by Crippen LogP contribution is -2.07. The van der Waals surface area contributed by atoms with E-state index in [9.17, 15) is 9.59 Å². The molecule has 0 unspecified atom stereocenters. The predicted molar refractivity (Wildman–Crippen MR) is 82.0 cm³/mol. The topological polar surface area (TPSA) is 48.3 Å². The highest BCUT2D eigenvalue weighted by atomic mass is 32.1. The highest BCUT2D eigenvalue weighted by Crippen LogP contribution is 2.30. The van der Waals surface area contributed by atoms with Crippen LogP contribution in [0.4, 0.5) is 0 Å². The highest BCUT2D eigenvalue weighted by molar-refractivity contribution is 7.21. The van der Waals surface area contributed by atoms with Crippen LogP contribution in [0.2, 0.25) is 0 Å². The summed E-state index contributed by atoms with van der Waals surface area (Å²) in [6.07, 6.45) is 0. The van der Waals surface area contributed by atoms with E-state index in [0.717, 1.165) is 10.2 Å². The predicted octanol–water partition coefficient (Wildman–Crippen LogP) is 3.26. The second kappa shape index (κ2) is 5.18. The van der Waals surface area contributed by atoms with Crippen LogP contribution >= 0.6 is 11.3 Å². The fraction of sp³-hybridized carbons (Fsp3) is 0.125. The monoisotopic (exact) mass is 299 g/mol. The SMILES string of the molecule is COC(=O)c1cc2sc(C(=O)c3ccccc3)cc2n1C. The van der Waals surface area contributed by atoms with Crippen molar-refractivity contribution in [2.75, 3.05) is 7.11 Å². The molecule has 0 N–H and O–H groups in total. The van der Waals surface area contributed by atoms with Gasteiger partial charge in [-0.15, -0.1) is 11.3 Å². The molecule has 0 amide bonds. The number of carbonyl (C=O) groups excluding carboxylic acids is 2. The van der Waals surface area contributed by atoms with Crippen LogP contribution in [0.5, 0.6) is 0 Å². The molecule has 0 saturated heterocycles. The number of esters is 1. The Morgan fingerprint density at radius 3 is 2.48 bits per heavy atom. The third-order valence-electron chi connectivity index (χ3n) is 3.39. The highest BCUT2D eigenvalue weighted by Gasteiger charge is 2.18. The molecule has 0 aliphatic rings. The third kappa shape index (κ3) is 2.25. The first-order valence-electron chi connectivity index (χ1n) is 6.39. The molecule has 0 spiro atoms. The number of methoxy groups -OCH3 is 1. The Bertz CT molecular complexity index is 830. The number of aryl methyl sites for hydroxylation is 1.